The first-order chi connectivity index (χ1) is 19.7. The van der Waals surface area contributed by atoms with Crippen LogP contribution in [0.3, 0.4) is 0 Å². The molecular formula is C31H46N4O6. The topological polar surface area (TPSA) is 101 Å². The number of piperidine rings is 1. The SMILES string of the molecule is COCCCN1C(=O)C(C)(C)Oc2ccc(N(C(=O)C3CNCC(N(C)C(=O)CC4CCOCC4)C3)C3CC3)cc21. The predicted octanol–water partition coefficient (Wildman–Crippen LogP) is 2.98. The van der Waals surface area contributed by atoms with Gasteiger partial charge in [-0.2, -0.15) is 0 Å². The minimum Gasteiger partial charge on any atom is -0.476 e. The normalized spacial score (nSPS) is 24.4. The Morgan fingerprint density at radius 2 is 1.88 bits per heavy atom. The van der Waals surface area contributed by atoms with Crippen molar-refractivity contribution in [2.45, 2.75) is 76.5 Å². The summed E-state index contributed by atoms with van der Waals surface area (Å²) in [6.07, 6.45) is 5.64. The first kappa shape index (κ1) is 29.8. The van der Waals surface area contributed by atoms with Crippen molar-refractivity contribution in [2.24, 2.45) is 11.8 Å². The van der Waals surface area contributed by atoms with Gasteiger partial charge in [0.1, 0.15) is 5.75 Å². The number of likely N-dealkylation sites (N-methyl/N-ethyl adjacent to an activating group) is 1. The number of ether oxygens (including phenoxy) is 3. The number of amides is 3. The van der Waals surface area contributed by atoms with Gasteiger partial charge in [-0.15, -0.1) is 0 Å². The maximum absolute atomic E-state index is 14.1. The van der Waals surface area contributed by atoms with Crippen LogP contribution in [0.25, 0.3) is 0 Å². The van der Waals surface area contributed by atoms with E-state index in [0.717, 1.165) is 44.6 Å². The lowest BCUT2D eigenvalue weighted by Crippen LogP contribution is -2.54. The Bertz CT molecular complexity index is 1120. The van der Waals surface area contributed by atoms with Gasteiger partial charge in [0.25, 0.3) is 5.91 Å². The molecule has 1 aliphatic carbocycles. The van der Waals surface area contributed by atoms with Gasteiger partial charge in [-0.1, -0.05) is 0 Å². The molecule has 2 unspecified atom stereocenters. The predicted molar refractivity (Wildman–Crippen MR) is 156 cm³/mol. The first-order valence-electron chi connectivity index (χ1n) is 15.2. The standard InChI is InChI=1S/C31H46N4O6/c1-31(2)30(38)34(12-5-13-39-4)26-18-24(8-9-27(26)41-31)35(23-6-7-23)29(37)22-17-25(20-32-19-22)33(3)28(36)16-21-10-14-40-15-11-21/h8-9,18,21-23,25,32H,5-7,10-17,19-20H2,1-4H3. The summed E-state index contributed by atoms with van der Waals surface area (Å²) in [6, 6.07) is 5.87. The number of benzene rings is 1. The van der Waals surface area contributed by atoms with Crippen molar-refractivity contribution in [2.75, 3.05) is 63.4 Å². The van der Waals surface area contributed by atoms with Gasteiger partial charge in [-0.3, -0.25) is 14.4 Å². The largest absolute Gasteiger partial charge is 0.476 e. The summed E-state index contributed by atoms with van der Waals surface area (Å²) in [6.45, 7) is 7.36. The smallest absolute Gasteiger partial charge is 0.270 e. The van der Waals surface area contributed by atoms with Gasteiger partial charge >= 0.3 is 0 Å². The van der Waals surface area contributed by atoms with E-state index in [4.69, 9.17) is 14.2 Å². The molecule has 0 spiro atoms. The number of anilines is 2. The van der Waals surface area contributed by atoms with Crippen molar-refractivity contribution in [1.29, 1.82) is 0 Å². The number of nitrogens with one attached hydrogen (secondary N) is 1. The molecule has 0 bridgehead atoms. The minimum atomic E-state index is -0.968. The number of rotatable bonds is 10. The van der Waals surface area contributed by atoms with Crippen LogP contribution < -0.4 is 19.9 Å². The van der Waals surface area contributed by atoms with E-state index in [1.54, 1.807) is 25.9 Å². The van der Waals surface area contributed by atoms with Crippen LogP contribution in [-0.4, -0.2) is 93.9 Å². The molecule has 1 N–H and O–H groups in total. The number of nitrogens with zero attached hydrogens (tertiary/aromatic N) is 3. The van der Waals surface area contributed by atoms with Crippen LogP contribution in [0.5, 0.6) is 5.75 Å². The van der Waals surface area contributed by atoms with E-state index in [1.165, 1.54) is 0 Å². The van der Waals surface area contributed by atoms with Gasteiger partial charge in [0.15, 0.2) is 5.60 Å². The fraction of sp³-hybridized carbons (Fsp3) is 0.710. The Morgan fingerprint density at radius 1 is 1.12 bits per heavy atom. The molecule has 2 atom stereocenters. The molecule has 10 nitrogen and oxygen atoms in total. The average molecular weight is 571 g/mol. The molecule has 1 aromatic rings. The zero-order valence-electron chi connectivity index (χ0n) is 25.0. The molecule has 3 amide bonds. The summed E-state index contributed by atoms with van der Waals surface area (Å²) in [5, 5.41) is 3.43. The summed E-state index contributed by atoms with van der Waals surface area (Å²) in [4.78, 5) is 46.1. The Labute approximate surface area is 243 Å². The van der Waals surface area contributed by atoms with E-state index < -0.39 is 5.60 Å². The zero-order chi connectivity index (χ0) is 29.1. The van der Waals surface area contributed by atoms with Crippen LogP contribution in [0.1, 0.15) is 58.8 Å². The van der Waals surface area contributed by atoms with Crippen LogP contribution in [0.15, 0.2) is 18.2 Å². The highest BCUT2D eigenvalue weighted by Crippen LogP contribution is 2.43. The summed E-state index contributed by atoms with van der Waals surface area (Å²) < 4.78 is 16.8. The second kappa shape index (κ2) is 12.7. The van der Waals surface area contributed by atoms with Crippen LogP contribution in [-0.2, 0) is 23.9 Å². The molecule has 5 rings (SSSR count). The van der Waals surface area contributed by atoms with E-state index >= 15 is 0 Å². The molecule has 226 valence electrons. The molecule has 0 aromatic heterocycles. The Hall–Kier alpha value is -2.69. The van der Waals surface area contributed by atoms with Gasteiger partial charge < -0.3 is 34.2 Å². The van der Waals surface area contributed by atoms with E-state index in [0.29, 0.717) is 62.9 Å². The van der Waals surface area contributed by atoms with Crippen molar-refractivity contribution < 1.29 is 28.6 Å². The average Bonchev–Trinajstić information content (AvgIpc) is 3.81. The maximum atomic E-state index is 14.1. The number of carbonyl (C=O) groups is 3. The van der Waals surface area contributed by atoms with Crippen molar-refractivity contribution in [3.05, 3.63) is 18.2 Å². The third-order valence-corrected chi connectivity index (χ3v) is 8.94. The van der Waals surface area contributed by atoms with Crippen LogP contribution in [0, 0.1) is 11.8 Å². The number of hydrogen-bond acceptors (Lipinski definition) is 7. The summed E-state index contributed by atoms with van der Waals surface area (Å²) >= 11 is 0. The van der Waals surface area contributed by atoms with Crippen LogP contribution in [0.4, 0.5) is 11.4 Å². The molecule has 2 saturated heterocycles. The lowest BCUT2D eigenvalue weighted by molar-refractivity contribution is -0.135. The van der Waals surface area contributed by atoms with Gasteiger partial charge in [-0.25, -0.2) is 0 Å². The van der Waals surface area contributed by atoms with E-state index in [9.17, 15) is 14.4 Å². The lowest BCUT2D eigenvalue weighted by Gasteiger charge is -2.40. The van der Waals surface area contributed by atoms with E-state index in [-0.39, 0.29) is 35.7 Å². The second-order valence-electron chi connectivity index (χ2n) is 12.5. The molecular weight excluding hydrogens is 524 g/mol. The highest BCUT2D eigenvalue weighted by atomic mass is 16.5. The van der Waals surface area contributed by atoms with Crippen LogP contribution >= 0.6 is 0 Å². The molecule has 0 radical (unpaired) electrons. The van der Waals surface area contributed by atoms with Crippen molar-refractivity contribution in [3.8, 4) is 5.75 Å². The number of fused-ring (bicyclic) bond motifs is 1. The molecule has 4 aliphatic rings. The third-order valence-electron chi connectivity index (χ3n) is 8.94. The van der Waals surface area contributed by atoms with E-state index in [1.807, 2.05) is 35.0 Å². The quantitative estimate of drug-likeness (QED) is 0.432. The fourth-order valence-corrected chi connectivity index (χ4v) is 6.29. The van der Waals surface area contributed by atoms with Gasteiger partial charge in [0.2, 0.25) is 11.8 Å². The second-order valence-corrected chi connectivity index (χ2v) is 12.5. The Kier molecular flexibility index (Phi) is 9.21. The molecule has 3 aliphatic heterocycles. The van der Waals surface area contributed by atoms with Crippen molar-refractivity contribution in [1.82, 2.24) is 10.2 Å². The molecule has 1 aromatic carbocycles. The third kappa shape index (κ3) is 6.70. The Morgan fingerprint density at radius 3 is 2.59 bits per heavy atom. The highest BCUT2D eigenvalue weighted by Gasteiger charge is 2.43. The Balaban J connectivity index is 1.31. The monoisotopic (exact) mass is 570 g/mol. The molecule has 41 heavy (non-hydrogen) atoms. The van der Waals surface area contributed by atoms with Gasteiger partial charge in [-0.05, 0) is 76.5 Å². The van der Waals surface area contributed by atoms with Gasteiger partial charge in [0, 0.05) is 77.8 Å². The van der Waals surface area contributed by atoms with Crippen molar-refractivity contribution in [3.63, 3.8) is 0 Å². The first-order valence-corrected chi connectivity index (χ1v) is 15.2. The summed E-state index contributed by atoms with van der Waals surface area (Å²) in [7, 11) is 3.53. The number of methoxy groups -OCH3 is 1. The summed E-state index contributed by atoms with van der Waals surface area (Å²) in [5.74, 6) is 0.894. The van der Waals surface area contributed by atoms with Gasteiger partial charge in [0.05, 0.1) is 11.6 Å². The van der Waals surface area contributed by atoms with Crippen LogP contribution in [0.2, 0.25) is 0 Å². The lowest BCUT2D eigenvalue weighted by atomic mass is 9.91. The molecule has 1 saturated carbocycles. The zero-order valence-corrected chi connectivity index (χ0v) is 25.0. The molecule has 3 fully saturated rings. The fourth-order valence-electron chi connectivity index (χ4n) is 6.29. The van der Waals surface area contributed by atoms with E-state index in [2.05, 4.69) is 5.32 Å². The number of hydrogen-bond donors (Lipinski definition) is 1. The molecule has 3 heterocycles. The summed E-state index contributed by atoms with van der Waals surface area (Å²) in [5.41, 5.74) is 0.513. The van der Waals surface area contributed by atoms with Crippen molar-refractivity contribution >= 4 is 29.1 Å². The maximum Gasteiger partial charge on any atom is 0.270 e. The molecule has 10 heteroatoms. The minimum absolute atomic E-state index is 0.0286. The number of carbonyl (C=O) groups excluding carboxylic acids is 3. The highest BCUT2D eigenvalue weighted by molar-refractivity contribution is 6.04.